The Hall–Kier alpha value is -2.86. The lowest BCUT2D eigenvalue weighted by Crippen LogP contribution is -2.44. The van der Waals surface area contributed by atoms with E-state index >= 15 is 0 Å². The van der Waals surface area contributed by atoms with Crippen LogP contribution in [0.15, 0.2) is 60.4 Å². The third-order valence-electron chi connectivity index (χ3n) is 4.50. The number of nitrogens with one attached hydrogen (secondary N) is 1. The van der Waals surface area contributed by atoms with Crippen molar-refractivity contribution in [3.63, 3.8) is 0 Å². The SMILES string of the molecule is CN(C)C=C(C(=O)c1ccc(F)cc1OCc1ccccc1)N1CCNCC1. The van der Waals surface area contributed by atoms with Crippen LogP contribution in [0.25, 0.3) is 0 Å². The molecule has 2 aromatic carbocycles. The minimum atomic E-state index is -0.431. The Morgan fingerprint density at radius 1 is 1.18 bits per heavy atom. The molecule has 1 N–H and O–H groups in total. The molecular weight excluding hydrogens is 357 g/mol. The highest BCUT2D eigenvalue weighted by molar-refractivity contribution is 6.10. The van der Waals surface area contributed by atoms with Crippen molar-refractivity contribution >= 4 is 5.78 Å². The van der Waals surface area contributed by atoms with Gasteiger partial charge in [0.15, 0.2) is 0 Å². The molecule has 0 radical (unpaired) electrons. The molecule has 0 unspecified atom stereocenters. The van der Waals surface area contributed by atoms with Crippen LogP contribution in [0.4, 0.5) is 4.39 Å². The lowest BCUT2D eigenvalue weighted by Gasteiger charge is -2.31. The number of carbonyl (C=O) groups excluding carboxylic acids is 1. The van der Waals surface area contributed by atoms with E-state index < -0.39 is 5.82 Å². The second kappa shape index (κ2) is 9.37. The minimum absolute atomic E-state index is 0.168. The maximum absolute atomic E-state index is 13.9. The number of hydrogen-bond acceptors (Lipinski definition) is 5. The number of nitrogens with zero attached hydrogens (tertiary/aromatic N) is 2. The second-order valence-corrected chi connectivity index (χ2v) is 6.96. The Balaban J connectivity index is 1.88. The quantitative estimate of drug-likeness (QED) is 0.588. The number of ether oxygens (including phenoxy) is 1. The molecule has 0 amide bonds. The van der Waals surface area contributed by atoms with Crippen molar-refractivity contribution in [1.82, 2.24) is 15.1 Å². The fourth-order valence-corrected chi connectivity index (χ4v) is 3.11. The van der Waals surface area contributed by atoms with E-state index in [2.05, 4.69) is 10.2 Å². The Morgan fingerprint density at radius 3 is 2.57 bits per heavy atom. The van der Waals surface area contributed by atoms with E-state index in [0.717, 1.165) is 31.7 Å². The van der Waals surface area contributed by atoms with E-state index in [4.69, 9.17) is 4.74 Å². The zero-order chi connectivity index (χ0) is 19.9. The van der Waals surface area contributed by atoms with E-state index in [1.165, 1.54) is 18.2 Å². The van der Waals surface area contributed by atoms with E-state index in [-0.39, 0.29) is 18.1 Å². The molecule has 1 saturated heterocycles. The number of benzene rings is 2. The van der Waals surface area contributed by atoms with Gasteiger partial charge in [0.05, 0.1) is 5.56 Å². The summed E-state index contributed by atoms with van der Waals surface area (Å²) in [5.41, 5.74) is 1.91. The van der Waals surface area contributed by atoms with Gasteiger partial charge in [-0.05, 0) is 17.7 Å². The summed E-state index contributed by atoms with van der Waals surface area (Å²) >= 11 is 0. The van der Waals surface area contributed by atoms with Crippen molar-refractivity contribution < 1.29 is 13.9 Å². The van der Waals surface area contributed by atoms with Gasteiger partial charge >= 0.3 is 0 Å². The number of piperazine rings is 1. The van der Waals surface area contributed by atoms with Crippen LogP contribution in [0.2, 0.25) is 0 Å². The van der Waals surface area contributed by atoms with Crippen molar-refractivity contribution in [3.05, 3.63) is 77.4 Å². The Morgan fingerprint density at radius 2 is 1.89 bits per heavy atom. The number of ketones is 1. The molecule has 0 aliphatic carbocycles. The molecule has 28 heavy (non-hydrogen) atoms. The first-order valence-corrected chi connectivity index (χ1v) is 9.39. The van der Waals surface area contributed by atoms with Gasteiger partial charge in [-0.15, -0.1) is 0 Å². The molecule has 0 aromatic heterocycles. The largest absolute Gasteiger partial charge is 0.488 e. The standard InChI is InChI=1S/C22H26FN3O2/c1-25(2)15-20(26-12-10-24-11-13-26)22(27)19-9-8-18(23)14-21(19)28-16-17-6-4-3-5-7-17/h3-9,14-15,24H,10-13,16H2,1-2H3. The Bertz CT molecular complexity index is 831. The fraction of sp³-hybridized carbons (Fsp3) is 0.318. The maximum atomic E-state index is 13.9. The third kappa shape index (κ3) is 5.10. The fourth-order valence-electron chi connectivity index (χ4n) is 3.11. The minimum Gasteiger partial charge on any atom is -0.488 e. The summed E-state index contributed by atoms with van der Waals surface area (Å²) < 4.78 is 19.7. The molecule has 148 valence electrons. The van der Waals surface area contributed by atoms with Gasteiger partial charge < -0.3 is 19.9 Å². The highest BCUT2D eigenvalue weighted by Crippen LogP contribution is 2.25. The van der Waals surface area contributed by atoms with Crippen LogP contribution in [0.3, 0.4) is 0 Å². The van der Waals surface area contributed by atoms with Crippen LogP contribution in [0, 0.1) is 5.82 Å². The lowest BCUT2D eigenvalue weighted by molar-refractivity contribution is 0.0977. The molecule has 5 nitrogen and oxygen atoms in total. The van der Waals surface area contributed by atoms with Crippen LogP contribution in [-0.2, 0) is 6.61 Å². The molecular formula is C22H26FN3O2. The maximum Gasteiger partial charge on any atom is 0.214 e. The predicted octanol–water partition coefficient (Wildman–Crippen LogP) is 2.90. The summed E-state index contributed by atoms with van der Waals surface area (Å²) in [4.78, 5) is 17.3. The number of halogens is 1. The van der Waals surface area contributed by atoms with Gasteiger partial charge in [0.2, 0.25) is 5.78 Å². The molecule has 2 aromatic rings. The van der Waals surface area contributed by atoms with Crippen molar-refractivity contribution in [1.29, 1.82) is 0 Å². The summed E-state index contributed by atoms with van der Waals surface area (Å²) in [7, 11) is 3.76. The average Bonchev–Trinajstić information content (AvgIpc) is 2.71. The number of hydrogen-bond donors (Lipinski definition) is 1. The Kier molecular flexibility index (Phi) is 6.66. The van der Waals surface area contributed by atoms with Crippen molar-refractivity contribution in [2.75, 3.05) is 40.3 Å². The van der Waals surface area contributed by atoms with Crippen LogP contribution >= 0.6 is 0 Å². The normalized spacial score (nSPS) is 14.7. The molecule has 0 bridgehead atoms. The highest BCUT2D eigenvalue weighted by Gasteiger charge is 2.24. The van der Waals surface area contributed by atoms with E-state index in [1.54, 1.807) is 0 Å². The number of rotatable bonds is 7. The zero-order valence-electron chi connectivity index (χ0n) is 16.3. The van der Waals surface area contributed by atoms with Gasteiger partial charge in [-0.3, -0.25) is 4.79 Å². The molecule has 1 aliphatic rings. The third-order valence-corrected chi connectivity index (χ3v) is 4.50. The summed E-state index contributed by atoms with van der Waals surface area (Å²) in [6.45, 7) is 3.39. The van der Waals surface area contributed by atoms with Crippen LogP contribution in [0.5, 0.6) is 5.75 Å². The summed E-state index contributed by atoms with van der Waals surface area (Å²) in [5.74, 6) is -0.341. The van der Waals surface area contributed by atoms with E-state index in [0.29, 0.717) is 11.3 Å². The number of carbonyl (C=O) groups is 1. The molecule has 3 rings (SSSR count). The summed E-state index contributed by atoms with van der Waals surface area (Å²) in [5, 5.41) is 3.29. The second-order valence-electron chi connectivity index (χ2n) is 6.96. The smallest absolute Gasteiger partial charge is 0.214 e. The number of allylic oxidation sites excluding steroid dienone is 1. The summed E-state index contributed by atoms with van der Waals surface area (Å²) in [6.07, 6.45) is 1.82. The first-order chi connectivity index (χ1) is 13.5. The van der Waals surface area contributed by atoms with Gasteiger partial charge in [0.1, 0.15) is 23.9 Å². The van der Waals surface area contributed by atoms with Crippen LogP contribution < -0.4 is 10.1 Å². The zero-order valence-corrected chi connectivity index (χ0v) is 16.3. The topological polar surface area (TPSA) is 44.8 Å². The first kappa shape index (κ1) is 19.9. The molecule has 0 saturated carbocycles. The van der Waals surface area contributed by atoms with Crippen LogP contribution in [-0.4, -0.2) is 55.9 Å². The molecule has 1 heterocycles. The molecule has 1 fully saturated rings. The van der Waals surface area contributed by atoms with E-state index in [9.17, 15) is 9.18 Å². The van der Waals surface area contributed by atoms with Gasteiger partial charge in [0.25, 0.3) is 0 Å². The first-order valence-electron chi connectivity index (χ1n) is 9.39. The average molecular weight is 383 g/mol. The van der Waals surface area contributed by atoms with Gasteiger partial charge in [-0.2, -0.15) is 0 Å². The van der Waals surface area contributed by atoms with Gasteiger partial charge in [-0.1, -0.05) is 30.3 Å². The summed E-state index contributed by atoms with van der Waals surface area (Å²) in [6, 6.07) is 13.7. The number of Topliss-reactive ketones (excluding diaryl/α,β-unsaturated/α-hetero) is 1. The van der Waals surface area contributed by atoms with Gasteiger partial charge in [0, 0.05) is 52.5 Å². The van der Waals surface area contributed by atoms with Crippen molar-refractivity contribution in [3.8, 4) is 5.75 Å². The molecule has 0 spiro atoms. The van der Waals surface area contributed by atoms with Crippen molar-refractivity contribution in [2.24, 2.45) is 0 Å². The monoisotopic (exact) mass is 383 g/mol. The van der Waals surface area contributed by atoms with Crippen LogP contribution in [0.1, 0.15) is 15.9 Å². The molecule has 1 aliphatic heterocycles. The molecule has 0 atom stereocenters. The van der Waals surface area contributed by atoms with Crippen molar-refractivity contribution in [2.45, 2.75) is 6.61 Å². The predicted molar refractivity (Wildman–Crippen MR) is 108 cm³/mol. The van der Waals surface area contributed by atoms with E-state index in [1.807, 2.05) is 55.5 Å². The Labute approximate surface area is 165 Å². The molecule has 6 heteroatoms. The lowest BCUT2D eigenvalue weighted by atomic mass is 10.1. The van der Waals surface area contributed by atoms with Gasteiger partial charge in [-0.25, -0.2) is 4.39 Å². The highest BCUT2D eigenvalue weighted by atomic mass is 19.1.